The molecule has 0 atom stereocenters. The molecule has 5 heteroatoms. The number of aromatic nitrogens is 1. The monoisotopic (exact) mass is 634 g/mol. The molecule has 8 aromatic rings. The lowest BCUT2D eigenvalue weighted by Gasteiger charge is -2.45. The van der Waals surface area contributed by atoms with Gasteiger partial charge in [-0.25, -0.2) is 0 Å². The lowest BCUT2D eigenvalue weighted by molar-refractivity contribution is 0.478. The Morgan fingerprint density at radius 1 is 0.612 bits per heavy atom. The molecular weight excluding hydrogens is 599 g/mol. The smallest absolute Gasteiger partial charge is 0.333 e. The first-order valence-electron chi connectivity index (χ1n) is 17.4. The van der Waals surface area contributed by atoms with Gasteiger partial charge in [-0.15, -0.1) is 0 Å². The summed E-state index contributed by atoms with van der Waals surface area (Å²) in [6, 6.07) is 38.0. The summed E-state index contributed by atoms with van der Waals surface area (Å²) >= 11 is 0. The molecule has 0 N–H and O–H groups in total. The van der Waals surface area contributed by atoms with Crippen LogP contribution in [0, 0.1) is 0 Å². The van der Waals surface area contributed by atoms with Crippen LogP contribution in [0.2, 0.25) is 0 Å². The molecule has 0 bridgehead atoms. The molecule has 0 unspecified atom stereocenters. The van der Waals surface area contributed by atoms with Gasteiger partial charge in [0.2, 0.25) is 0 Å². The van der Waals surface area contributed by atoms with Crippen LogP contribution >= 0.6 is 0 Å². The van der Waals surface area contributed by atoms with Crippen molar-refractivity contribution in [2.24, 2.45) is 0 Å². The zero-order valence-electron chi connectivity index (χ0n) is 28.6. The SMILES string of the molecule is CC(C)(C)c1ccc2c(c1)c1cc(C(C)(C)C)cc3c1n2-c1cc2c(oc4ccccc42)c2c1B3N1c3ccccc3Oc3cccc-2c31. The van der Waals surface area contributed by atoms with Gasteiger partial charge in [0.15, 0.2) is 5.75 Å². The first-order valence-corrected chi connectivity index (χ1v) is 17.4. The zero-order chi connectivity index (χ0) is 33.1. The van der Waals surface area contributed by atoms with Crippen molar-refractivity contribution in [3.05, 3.63) is 114 Å². The highest BCUT2D eigenvalue weighted by Gasteiger charge is 2.48. The van der Waals surface area contributed by atoms with Crippen molar-refractivity contribution in [1.29, 1.82) is 0 Å². The summed E-state index contributed by atoms with van der Waals surface area (Å²) in [6.45, 7) is 13.8. The van der Waals surface area contributed by atoms with E-state index >= 15 is 0 Å². The number of benzene rings is 6. The molecule has 4 nitrogen and oxygen atoms in total. The molecule has 5 heterocycles. The minimum absolute atomic E-state index is 0.0290. The van der Waals surface area contributed by atoms with Gasteiger partial charge < -0.3 is 18.5 Å². The van der Waals surface area contributed by atoms with Crippen molar-refractivity contribution in [3.8, 4) is 28.3 Å². The third-order valence-corrected chi connectivity index (χ3v) is 11.2. The summed E-state index contributed by atoms with van der Waals surface area (Å²) in [7, 11) is 0. The number of hydrogen-bond donors (Lipinski definition) is 0. The molecule has 49 heavy (non-hydrogen) atoms. The maximum atomic E-state index is 6.87. The number of ether oxygens (including phenoxy) is 1. The van der Waals surface area contributed by atoms with E-state index < -0.39 is 0 Å². The molecule has 11 rings (SSSR count). The summed E-state index contributed by atoms with van der Waals surface area (Å²) in [5.41, 5.74) is 15.4. The zero-order valence-corrected chi connectivity index (χ0v) is 28.6. The van der Waals surface area contributed by atoms with Crippen LogP contribution in [0.5, 0.6) is 11.5 Å². The van der Waals surface area contributed by atoms with E-state index in [2.05, 4.69) is 154 Å². The summed E-state index contributed by atoms with van der Waals surface area (Å²) in [6.07, 6.45) is 0. The molecule has 3 aliphatic heterocycles. The normalized spacial score (nSPS) is 14.4. The molecule has 0 fully saturated rings. The van der Waals surface area contributed by atoms with Gasteiger partial charge in [0.05, 0.1) is 22.4 Å². The highest BCUT2D eigenvalue weighted by molar-refractivity contribution is 6.94. The van der Waals surface area contributed by atoms with Crippen molar-refractivity contribution in [2.75, 3.05) is 4.81 Å². The van der Waals surface area contributed by atoms with E-state index in [1.54, 1.807) is 0 Å². The Bertz CT molecular complexity index is 2790. The average molecular weight is 635 g/mol. The minimum Gasteiger partial charge on any atom is -0.455 e. The van der Waals surface area contributed by atoms with Gasteiger partial charge in [0.1, 0.15) is 16.9 Å². The largest absolute Gasteiger partial charge is 0.455 e. The van der Waals surface area contributed by atoms with Crippen molar-refractivity contribution < 1.29 is 9.15 Å². The lowest BCUT2D eigenvalue weighted by Crippen LogP contribution is -2.61. The standard InChI is InChI=1S/C44H35BN2O2/c1-43(2,3)24-18-19-32-28(20-24)29-21-25(44(4,5)6)22-31-40(29)46(32)34-23-30-26-12-7-9-15-35(26)49-42(30)38-27-13-11-17-37-41(27)47(45(31)39(34)38)33-14-8-10-16-36(33)48-37/h7-23H,1-6H3. The van der Waals surface area contributed by atoms with Gasteiger partial charge in [0, 0.05) is 38.4 Å². The number of rotatable bonds is 0. The van der Waals surface area contributed by atoms with E-state index in [4.69, 9.17) is 9.15 Å². The second-order valence-corrected chi connectivity index (χ2v) is 16.2. The van der Waals surface area contributed by atoms with E-state index in [9.17, 15) is 0 Å². The maximum absolute atomic E-state index is 6.87. The van der Waals surface area contributed by atoms with Crippen molar-refractivity contribution in [1.82, 2.24) is 4.57 Å². The lowest BCUT2D eigenvalue weighted by atomic mass is 9.43. The Labute approximate surface area is 285 Å². The van der Waals surface area contributed by atoms with Crippen LogP contribution in [0.15, 0.2) is 108 Å². The van der Waals surface area contributed by atoms with Gasteiger partial charge in [-0.2, -0.15) is 0 Å². The number of para-hydroxylation sites is 4. The Balaban J connectivity index is 1.40. The molecule has 0 radical (unpaired) electrons. The van der Waals surface area contributed by atoms with Crippen LogP contribution in [0.4, 0.5) is 11.4 Å². The van der Waals surface area contributed by atoms with Crippen LogP contribution in [-0.2, 0) is 10.8 Å². The van der Waals surface area contributed by atoms with Crippen molar-refractivity contribution in [3.63, 3.8) is 0 Å². The van der Waals surface area contributed by atoms with Crippen molar-refractivity contribution in [2.45, 2.75) is 52.4 Å². The predicted octanol–water partition coefficient (Wildman–Crippen LogP) is 10.6. The Morgan fingerprint density at radius 2 is 1.37 bits per heavy atom. The van der Waals surface area contributed by atoms with E-state index in [0.29, 0.717) is 0 Å². The third-order valence-electron chi connectivity index (χ3n) is 11.2. The van der Waals surface area contributed by atoms with Gasteiger partial charge >= 0.3 is 6.85 Å². The quantitative estimate of drug-likeness (QED) is 0.156. The number of hydrogen-bond acceptors (Lipinski definition) is 3. The fourth-order valence-electron chi connectivity index (χ4n) is 8.85. The fourth-order valence-corrected chi connectivity index (χ4v) is 8.85. The molecule has 0 spiro atoms. The maximum Gasteiger partial charge on any atom is 0.333 e. The third kappa shape index (κ3) is 3.40. The summed E-state index contributed by atoms with van der Waals surface area (Å²) < 4.78 is 16.1. The predicted molar refractivity (Wildman–Crippen MR) is 205 cm³/mol. The van der Waals surface area contributed by atoms with E-state index in [-0.39, 0.29) is 17.7 Å². The highest BCUT2D eigenvalue weighted by Crippen LogP contribution is 2.56. The second-order valence-electron chi connectivity index (χ2n) is 16.2. The van der Waals surface area contributed by atoms with E-state index in [1.165, 1.54) is 49.5 Å². The fraction of sp³-hybridized carbons (Fsp3) is 0.182. The van der Waals surface area contributed by atoms with Crippen LogP contribution < -0.4 is 20.5 Å². The number of nitrogens with zero attached hydrogens (tertiary/aromatic N) is 2. The van der Waals surface area contributed by atoms with Gasteiger partial charge in [-0.1, -0.05) is 96.1 Å². The molecule has 0 amide bonds. The first kappa shape index (κ1) is 27.5. The van der Waals surface area contributed by atoms with Gasteiger partial charge in [-0.3, -0.25) is 0 Å². The van der Waals surface area contributed by atoms with Crippen LogP contribution in [0.25, 0.3) is 60.6 Å². The second kappa shape index (κ2) is 8.78. The molecular formula is C44H35BN2O2. The van der Waals surface area contributed by atoms with E-state index in [1.807, 2.05) is 0 Å². The summed E-state index contributed by atoms with van der Waals surface area (Å²) in [5, 5.41) is 4.90. The highest BCUT2D eigenvalue weighted by atomic mass is 16.5. The Morgan fingerprint density at radius 3 is 2.20 bits per heavy atom. The van der Waals surface area contributed by atoms with Crippen LogP contribution in [-0.4, -0.2) is 11.4 Å². The molecule has 3 aliphatic rings. The van der Waals surface area contributed by atoms with Crippen molar-refractivity contribution >= 4 is 72.9 Å². The molecule has 0 aliphatic carbocycles. The summed E-state index contributed by atoms with van der Waals surface area (Å²) in [4.78, 5) is 2.56. The Hall–Kier alpha value is -5.42. The molecule has 6 aromatic carbocycles. The molecule has 0 saturated carbocycles. The molecule has 0 saturated heterocycles. The number of anilines is 2. The van der Waals surface area contributed by atoms with Gasteiger partial charge in [-0.05, 0) is 81.4 Å². The Kier molecular flexibility index (Phi) is 4.93. The molecule has 2 aromatic heterocycles. The minimum atomic E-state index is -0.0926. The first-order chi connectivity index (χ1) is 23.6. The van der Waals surface area contributed by atoms with Gasteiger partial charge in [0.25, 0.3) is 0 Å². The molecule has 236 valence electrons. The number of fused-ring (bicyclic) bond motifs is 13. The summed E-state index contributed by atoms with van der Waals surface area (Å²) in [5.74, 6) is 1.76. The topological polar surface area (TPSA) is 30.5 Å². The van der Waals surface area contributed by atoms with Crippen LogP contribution in [0.3, 0.4) is 0 Å². The van der Waals surface area contributed by atoms with Crippen LogP contribution in [0.1, 0.15) is 52.7 Å². The average Bonchev–Trinajstić information content (AvgIpc) is 3.62. The van der Waals surface area contributed by atoms with E-state index in [0.717, 1.165) is 55.9 Å². The number of furan rings is 1.